The van der Waals surface area contributed by atoms with Gasteiger partial charge in [-0.05, 0) is 105 Å². The maximum atomic E-state index is 10.6. The lowest BCUT2D eigenvalue weighted by Crippen LogP contribution is -2.54. The summed E-state index contributed by atoms with van der Waals surface area (Å²) in [5, 5.41) is 20.7. The first-order valence-corrected chi connectivity index (χ1v) is 10.8. The average molecular weight is 335 g/mol. The molecule has 0 aromatic heterocycles. The van der Waals surface area contributed by atoms with E-state index in [9.17, 15) is 10.2 Å². The average Bonchev–Trinajstić information content (AvgIpc) is 2.92. The molecular formula is C22H38O2. The normalized spacial score (nSPS) is 55.4. The van der Waals surface area contributed by atoms with E-state index in [0.29, 0.717) is 16.7 Å². The van der Waals surface area contributed by atoms with Gasteiger partial charge in [-0.25, -0.2) is 0 Å². The van der Waals surface area contributed by atoms with Crippen molar-refractivity contribution in [2.75, 3.05) is 0 Å². The Bertz CT molecular complexity index is 477. The van der Waals surface area contributed by atoms with Crippen molar-refractivity contribution in [3.8, 4) is 0 Å². The first-order valence-electron chi connectivity index (χ1n) is 10.8. The molecule has 9 atom stereocenters. The maximum absolute atomic E-state index is 10.6. The zero-order valence-electron chi connectivity index (χ0n) is 16.0. The molecule has 0 bridgehead atoms. The van der Waals surface area contributed by atoms with Gasteiger partial charge in [-0.2, -0.15) is 0 Å². The number of rotatable bonds is 2. The van der Waals surface area contributed by atoms with Crippen LogP contribution < -0.4 is 0 Å². The molecule has 0 heterocycles. The first kappa shape index (κ1) is 17.3. The third-order valence-corrected chi connectivity index (χ3v) is 9.59. The van der Waals surface area contributed by atoms with Crippen LogP contribution in [-0.4, -0.2) is 22.4 Å². The van der Waals surface area contributed by atoms with Crippen LogP contribution in [0.3, 0.4) is 0 Å². The van der Waals surface area contributed by atoms with Crippen molar-refractivity contribution in [1.82, 2.24) is 0 Å². The van der Waals surface area contributed by atoms with Crippen molar-refractivity contribution < 1.29 is 10.2 Å². The van der Waals surface area contributed by atoms with E-state index in [4.69, 9.17) is 0 Å². The molecule has 4 aliphatic rings. The molecule has 0 saturated heterocycles. The third kappa shape index (κ3) is 2.35. The largest absolute Gasteiger partial charge is 0.393 e. The van der Waals surface area contributed by atoms with Gasteiger partial charge in [0, 0.05) is 0 Å². The molecule has 24 heavy (non-hydrogen) atoms. The van der Waals surface area contributed by atoms with Gasteiger partial charge in [0.25, 0.3) is 0 Å². The molecule has 0 spiro atoms. The second-order valence-electron chi connectivity index (χ2n) is 10.3. The Labute approximate surface area is 148 Å². The highest BCUT2D eigenvalue weighted by molar-refractivity contribution is 5.09. The van der Waals surface area contributed by atoms with Crippen molar-refractivity contribution in [2.45, 2.75) is 97.2 Å². The van der Waals surface area contributed by atoms with Gasteiger partial charge in [-0.1, -0.05) is 20.8 Å². The number of fused-ring (bicyclic) bond motifs is 5. The molecule has 4 aliphatic carbocycles. The Hall–Kier alpha value is -0.0800. The second-order valence-corrected chi connectivity index (χ2v) is 10.3. The van der Waals surface area contributed by atoms with E-state index >= 15 is 0 Å². The van der Waals surface area contributed by atoms with Gasteiger partial charge >= 0.3 is 0 Å². The summed E-state index contributed by atoms with van der Waals surface area (Å²) in [5.74, 6) is 3.89. The fourth-order valence-corrected chi connectivity index (χ4v) is 8.19. The van der Waals surface area contributed by atoms with Gasteiger partial charge in [-0.3, -0.25) is 0 Å². The van der Waals surface area contributed by atoms with E-state index in [0.717, 1.165) is 42.9 Å². The van der Waals surface area contributed by atoms with Gasteiger partial charge in [0.15, 0.2) is 0 Å². The summed E-state index contributed by atoms with van der Waals surface area (Å²) in [6.07, 6.45) is 12.1. The monoisotopic (exact) mass is 334 g/mol. The van der Waals surface area contributed by atoms with Crippen LogP contribution in [0.25, 0.3) is 0 Å². The zero-order chi connectivity index (χ0) is 17.1. The molecule has 4 rings (SSSR count). The van der Waals surface area contributed by atoms with Crippen molar-refractivity contribution >= 4 is 0 Å². The number of hydrogen-bond acceptors (Lipinski definition) is 2. The highest BCUT2D eigenvalue weighted by Crippen LogP contribution is 2.67. The van der Waals surface area contributed by atoms with Gasteiger partial charge in [0.05, 0.1) is 12.2 Å². The first-order chi connectivity index (χ1) is 11.4. The molecule has 3 unspecified atom stereocenters. The molecule has 4 fully saturated rings. The fraction of sp³-hybridized carbons (Fsp3) is 1.00. The predicted octanol–water partition coefficient (Wildman–Crippen LogP) is 4.78. The lowest BCUT2D eigenvalue weighted by Gasteiger charge is -2.61. The summed E-state index contributed by atoms with van der Waals surface area (Å²) in [5.41, 5.74) is 0.860. The lowest BCUT2D eigenvalue weighted by atomic mass is 9.44. The van der Waals surface area contributed by atoms with Crippen LogP contribution in [0.5, 0.6) is 0 Å². The van der Waals surface area contributed by atoms with Crippen LogP contribution in [0.2, 0.25) is 0 Å². The third-order valence-electron chi connectivity index (χ3n) is 9.59. The van der Waals surface area contributed by atoms with E-state index in [-0.39, 0.29) is 12.2 Å². The van der Waals surface area contributed by atoms with E-state index in [1.807, 2.05) is 0 Å². The van der Waals surface area contributed by atoms with Crippen LogP contribution in [0.15, 0.2) is 0 Å². The topological polar surface area (TPSA) is 40.5 Å². The van der Waals surface area contributed by atoms with E-state index in [1.54, 1.807) is 0 Å². The van der Waals surface area contributed by atoms with E-state index < -0.39 is 0 Å². The molecular weight excluding hydrogens is 296 g/mol. The Kier molecular flexibility index (Phi) is 4.32. The van der Waals surface area contributed by atoms with Gasteiger partial charge in [0.1, 0.15) is 0 Å². The van der Waals surface area contributed by atoms with Crippen molar-refractivity contribution in [1.29, 1.82) is 0 Å². The van der Waals surface area contributed by atoms with Crippen LogP contribution in [0, 0.1) is 40.4 Å². The molecule has 138 valence electrons. The van der Waals surface area contributed by atoms with Crippen molar-refractivity contribution in [3.63, 3.8) is 0 Å². The summed E-state index contributed by atoms with van der Waals surface area (Å²) < 4.78 is 0. The SMILES string of the molecule is CCC(O)[C@H]1CC[C@H]2[C@@H]3CCC4CC(O)CC[C@]4(C)[C@H]3CC[C@]12C. The standard InChI is InChI=1S/C22H38O2/c1-4-20(24)19-8-7-17-16-6-5-14-13-15(23)9-11-21(14,2)18(16)10-12-22(17,19)3/h14-20,23-24H,4-13H2,1-3H3/t14?,15?,16-,17-,18-,19+,20?,21-,22-/m0/s1. The lowest BCUT2D eigenvalue weighted by molar-refractivity contribution is -0.133. The van der Waals surface area contributed by atoms with Gasteiger partial charge < -0.3 is 10.2 Å². The summed E-state index contributed by atoms with van der Waals surface area (Å²) >= 11 is 0. The van der Waals surface area contributed by atoms with Crippen LogP contribution >= 0.6 is 0 Å². The zero-order valence-corrected chi connectivity index (χ0v) is 16.0. The van der Waals surface area contributed by atoms with Crippen LogP contribution in [-0.2, 0) is 0 Å². The maximum Gasteiger partial charge on any atom is 0.0571 e. The van der Waals surface area contributed by atoms with Gasteiger partial charge in [0.2, 0.25) is 0 Å². The fourth-order valence-electron chi connectivity index (χ4n) is 8.19. The summed E-state index contributed by atoms with van der Waals surface area (Å²) in [6.45, 7) is 7.23. The summed E-state index contributed by atoms with van der Waals surface area (Å²) in [7, 11) is 0. The molecule has 0 radical (unpaired) electrons. The molecule has 0 aliphatic heterocycles. The minimum atomic E-state index is -0.0895. The van der Waals surface area contributed by atoms with Crippen molar-refractivity contribution in [2.24, 2.45) is 40.4 Å². The molecule has 2 N–H and O–H groups in total. The van der Waals surface area contributed by atoms with Crippen LogP contribution in [0.4, 0.5) is 0 Å². The smallest absolute Gasteiger partial charge is 0.0571 e. The summed E-state index contributed by atoms with van der Waals surface area (Å²) in [4.78, 5) is 0. The highest BCUT2D eigenvalue weighted by Gasteiger charge is 2.60. The minimum absolute atomic E-state index is 0.0379. The quantitative estimate of drug-likeness (QED) is 0.763. The second kappa shape index (κ2) is 5.98. The number of aliphatic hydroxyl groups excluding tert-OH is 2. The van der Waals surface area contributed by atoms with Crippen molar-refractivity contribution in [3.05, 3.63) is 0 Å². The van der Waals surface area contributed by atoms with E-state index in [1.165, 1.54) is 44.9 Å². The van der Waals surface area contributed by atoms with Crippen LogP contribution in [0.1, 0.15) is 85.0 Å². The molecule has 4 saturated carbocycles. The number of aliphatic hydroxyl groups is 2. The molecule has 0 amide bonds. The Morgan fingerprint density at radius 2 is 1.62 bits per heavy atom. The minimum Gasteiger partial charge on any atom is -0.393 e. The molecule has 2 nitrogen and oxygen atoms in total. The van der Waals surface area contributed by atoms with Gasteiger partial charge in [-0.15, -0.1) is 0 Å². The predicted molar refractivity (Wildman–Crippen MR) is 97.5 cm³/mol. The van der Waals surface area contributed by atoms with E-state index in [2.05, 4.69) is 20.8 Å². The Balaban J connectivity index is 1.59. The Morgan fingerprint density at radius 1 is 0.917 bits per heavy atom. The Morgan fingerprint density at radius 3 is 2.38 bits per heavy atom. The summed E-state index contributed by atoms with van der Waals surface area (Å²) in [6, 6.07) is 0. The number of hydrogen-bond donors (Lipinski definition) is 2. The molecule has 0 aromatic carbocycles. The highest BCUT2D eigenvalue weighted by atomic mass is 16.3. The molecule has 2 heteroatoms. The molecule has 0 aromatic rings.